The summed E-state index contributed by atoms with van der Waals surface area (Å²) in [4.78, 5) is 15.2. The summed E-state index contributed by atoms with van der Waals surface area (Å²) in [5.74, 6) is -0.148. The molecule has 2 aromatic rings. The van der Waals surface area contributed by atoms with Gasteiger partial charge < -0.3 is 4.42 Å². The molecule has 0 aliphatic carbocycles. The first-order chi connectivity index (χ1) is 6.38. The largest absolute Gasteiger partial charge is 0.440 e. The maximum absolute atomic E-state index is 11.6. The van der Waals surface area contributed by atoms with Crippen LogP contribution in [0.25, 0.3) is 0 Å². The van der Waals surface area contributed by atoms with Gasteiger partial charge in [-0.15, -0.1) is 0 Å². The fraction of sp³-hybridized carbons (Fsp3) is 0. The Kier molecular flexibility index (Phi) is 1.92. The zero-order chi connectivity index (χ0) is 9.10. The number of aromatic nitrogens is 1. The fourth-order valence-corrected chi connectivity index (χ4v) is 1.03. The molecule has 1 aromatic carbocycles. The van der Waals surface area contributed by atoms with E-state index in [9.17, 15) is 4.79 Å². The van der Waals surface area contributed by atoms with E-state index in [1.165, 1.54) is 6.26 Å². The minimum Gasteiger partial charge on any atom is -0.440 e. The first-order valence-electron chi connectivity index (χ1n) is 3.79. The third-order valence-electron chi connectivity index (χ3n) is 1.66. The zero-order valence-corrected chi connectivity index (χ0v) is 6.73. The second kappa shape index (κ2) is 3.23. The Morgan fingerprint density at radius 3 is 2.69 bits per heavy atom. The molecule has 0 bridgehead atoms. The molecule has 3 nitrogen and oxygen atoms in total. The van der Waals surface area contributed by atoms with Crippen LogP contribution in [0.4, 0.5) is 0 Å². The van der Waals surface area contributed by atoms with Crippen molar-refractivity contribution < 1.29 is 9.21 Å². The molecule has 3 heteroatoms. The second-order valence-electron chi connectivity index (χ2n) is 2.52. The van der Waals surface area contributed by atoms with Crippen LogP contribution in [0.5, 0.6) is 0 Å². The number of oxazole rings is 1. The van der Waals surface area contributed by atoms with E-state index in [0.29, 0.717) is 5.56 Å². The molecular weight excluding hydrogens is 166 g/mol. The van der Waals surface area contributed by atoms with E-state index in [-0.39, 0.29) is 11.5 Å². The molecule has 0 aliphatic rings. The van der Waals surface area contributed by atoms with Crippen molar-refractivity contribution in [1.29, 1.82) is 0 Å². The number of benzene rings is 1. The number of ketones is 1. The normalized spacial score (nSPS) is 9.85. The predicted octanol–water partition coefficient (Wildman–Crippen LogP) is 1.71. The number of rotatable bonds is 2. The molecule has 2 rings (SSSR count). The van der Waals surface area contributed by atoms with E-state index in [4.69, 9.17) is 0 Å². The highest BCUT2D eigenvalue weighted by Crippen LogP contribution is 2.06. The van der Waals surface area contributed by atoms with Crippen LogP contribution < -0.4 is 0 Å². The molecule has 0 unspecified atom stereocenters. The molecular formula is C10H6NO2. The summed E-state index contributed by atoms with van der Waals surface area (Å²) in [6.07, 6.45) is 3.52. The molecule has 0 saturated heterocycles. The number of hydrogen-bond donors (Lipinski definition) is 0. The lowest BCUT2D eigenvalue weighted by Gasteiger charge is -1.93. The van der Waals surface area contributed by atoms with Gasteiger partial charge >= 0.3 is 0 Å². The minimum atomic E-state index is -0.148. The Morgan fingerprint density at radius 2 is 2.08 bits per heavy atom. The Bertz CT molecular complexity index is 392. The van der Waals surface area contributed by atoms with Crippen molar-refractivity contribution in [2.45, 2.75) is 0 Å². The monoisotopic (exact) mass is 172 g/mol. The van der Waals surface area contributed by atoms with E-state index in [0.717, 1.165) is 0 Å². The van der Waals surface area contributed by atoms with Crippen LogP contribution in [-0.4, -0.2) is 10.8 Å². The van der Waals surface area contributed by atoms with Crippen molar-refractivity contribution >= 4 is 5.78 Å². The van der Waals surface area contributed by atoms with Gasteiger partial charge in [0, 0.05) is 5.56 Å². The van der Waals surface area contributed by atoms with Crippen LogP contribution in [0.15, 0.2) is 41.0 Å². The molecule has 0 atom stereocenters. The highest BCUT2D eigenvalue weighted by atomic mass is 16.3. The van der Waals surface area contributed by atoms with Crippen LogP contribution in [0, 0.1) is 6.39 Å². The van der Waals surface area contributed by atoms with E-state index in [1.807, 2.05) is 6.07 Å². The van der Waals surface area contributed by atoms with E-state index in [1.54, 1.807) is 24.3 Å². The van der Waals surface area contributed by atoms with Gasteiger partial charge in [-0.05, 0) is 0 Å². The van der Waals surface area contributed by atoms with Crippen molar-refractivity contribution in [3.8, 4) is 0 Å². The van der Waals surface area contributed by atoms with Crippen molar-refractivity contribution in [2.75, 3.05) is 0 Å². The van der Waals surface area contributed by atoms with E-state index in [2.05, 4.69) is 15.8 Å². The van der Waals surface area contributed by atoms with Gasteiger partial charge in [-0.2, -0.15) is 0 Å². The van der Waals surface area contributed by atoms with Crippen LogP contribution in [0.2, 0.25) is 0 Å². The molecule has 0 spiro atoms. The molecule has 0 fully saturated rings. The van der Waals surface area contributed by atoms with Gasteiger partial charge in [0.1, 0.15) is 6.26 Å². The molecule has 1 heterocycles. The van der Waals surface area contributed by atoms with Gasteiger partial charge in [0.25, 0.3) is 6.39 Å². The van der Waals surface area contributed by atoms with Gasteiger partial charge in [0.05, 0.1) is 0 Å². The van der Waals surface area contributed by atoms with Gasteiger partial charge in [-0.25, -0.2) is 4.98 Å². The molecule has 0 saturated carbocycles. The van der Waals surface area contributed by atoms with Crippen molar-refractivity contribution in [1.82, 2.24) is 4.98 Å². The maximum atomic E-state index is 11.6. The topological polar surface area (TPSA) is 43.1 Å². The quantitative estimate of drug-likeness (QED) is 0.647. The molecule has 0 N–H and O–H groups in total. The van der Waals surface area contributed by atoms with Crippen LogP contribution >= 0.6 is 0 Å². The predicted molar refractivity (Wildman–Crippen MR) is 45.2 cm³/mol. The lowest BCUT2D eigenvalue weighted by Crippen LogP contribution is -2.00. The summed E-state index contributed by atoms with van der Waals surface area (Å²) < 4.78 is 4.60. The zero-order valence-electron chi connectivity index (χ0n) is 6.73. The Morgan fingerprint density at radius 1 is 1.31 bits per heavy atom. The highest BCUT2D eigenvalue weighted by molar-refractivity contribution is 6.07. The third-order valence-corrected chi connectivity index (χ3v) is 1.66. The lowest BCUT2D eigenvalue weighted by molar-refractivity contribution is 0.103. The second-order valence-corrected chi connectivity index (χ2v) is 2.52. The molecule has 0 aliphatic heterocycles. The Hall–Kier alpha value is -1.90. The molecule has 1 aromatic heterocycles. The van der Waals surface area contributed by atoms with Crippen molar-refractivity contribution in [2.24, 2.45) is 0 Å². The standard InChI is InChI=1S/C10H6NO2/c12-10(9-6-13-7-11-9)8-4-2-1-3-5-8/h1-6H. The van der Waals surface area contributed by atoms with Gasteiger partial charge in [0.15, 0.2) is 5.69 Å². The molecule has 0 amide bonds. The SMILES string of the molecule is O=C(c1ccccc1)c1co[c]n1. The molecule has 1 radical (unpaired) electrons. The number of carbonyl (C=O) groups excluding carboxylic acids is 1. The fourth-order valence-electron chi connectivity index (χ4n) is 1.03. The summed E-state index contributed by atoms with van der Waals surface area (Å²) in [6, 6.07) is 8.92. The van der Waals surface area contributed by atoms with Gasteiger partial charge in [0.2, 0.25) is 5.78 Å². The number of carbonyl (C=O) groups is 1. The average molecular weight is 172 g/mol. The maximum Gasteiger partial charge on any atom is 0.284 e. The molecule has 63 valence electrons. The highest BCUT2D eigenvalue weighted by Gasteiger charge is 2.10. The van der Waals surface area contributed by atoms with Gasteiger partial charge in [-0.1, -0.05) is 30.3 Å². The lowest BCUT2D eigenvalue weighted by atomic mass is 10.1. The van der Waals surface area contributed by atoms with E-state index < -0.39 is 0 Å². The summed E-state index contributed by atoms with van der Waals surface area (Å²) in [7, 11) is 0. The number of nitrogens with zero attached hydrogens (tertiary/aromatic N) is 1. The van der Waals surface area contributed by atoms with Gasteiger partial charge in [-0.3, -0.25) is 4.79 Å². The van der Waals surface area contributed by atoms with E-state index >= 15 is 0 Å². The Balaban J connectivity index is 2.34. The summed E-state index contributed by atoms with van der Waals surface area (Å²) >= 11 is 0. The first kappa shape index (κ1) is 7.73. The van der Waals surface area contributed by atoms with Crippen LogP contribution in [0.1, 0.15) is 16.1 Å². The average Bonchev–Trinajstić information content (AvgIpc) is 2.71. The first-order valence-corrected chi connectivity index (χ1v) is 3.79. The minimum absolute atomic E-state index is 0.148. The molecule has 13 heavy (non-hydrogen) atoms. The summed E-state index contributed by atoms with van der Waals surface area (Å²) in [5.41, 5.74) is 0.885. The number of hydrogen-bond acceptors (Lipinski definition) is 3. The van der Waals surface area contributed by atoms with Crippen molar-refractivity contribution in [3.63, 3.8) is 0 Å². The summed E-state index contributed by atoms with van der Waals surface area (Å²) in [6.45, 7) is 0. The smallest absolute Gasteiger partial charge is 0.284 e. The Labute approximate surface area is 75.0 Å². The summed E-state index contributed by atoms with van der Waals surface area (Å²) in [5, 5.41) is 0. The van der Waals surface area contributed by atoms with Crippen LogP contribution in [0.3, 0.4) is 0 Å². The third kappa shape index (κ3) is 1.49. The van der Waals surface area contributed by atoms with Crippen molar-refractivity contribution in [3.05, 3.63) is 54.2 Å². The van der Waals surface area contributed by atoms with Crippen LogP contribution in [-0.2, 0) is 0 Å².